The SMILES string of the molecule is C=CCCCNCCNCC(C)C. The van der Waals surface area contributed by atoms with Crippen molar-refractivity contribution >= 4 is 0 Å². The van der Waals surface area contributed by atoms with Gasteiger partial charge in [0.15, 0.2) is 0 Å². The van der Waals surface area contributed by atoms with E-state index in [1.165, 1.54) is 6.42 Å². The summed E-state index contributed by atoms with van der Waals surface area (Å²) in [6.45, 7) is 12.5. The van der Waals surface area contributed by atoms with Crippen LogP contribution in [-0.4, -0.2) is 26.2 Å². The third-order valence-corrected chi connectivity index (χ3v) is 1.79. The van der Waals surface area contributed by atoms with Crippen LogP contribution in [-0.2, 0) is 0 Å². The first kappa shape index (κ1) is 12.7. The lowest BCUT2D eigenvalue weighted by Crippen LogP contribution is -2.30. The number of unbranched alkanes of at least 4 members (excludes halogenated alkanes) is 1. The lowest BCUT2D eigenvalue weighted by atomic mass is 10.2. The third kappa shape index (κ3) is 11.7. The Morgan fingerprint density at radius 2 is 1.85 bits per heavy atom. The van der Waals surface area contributed by atoms with Gasteiger partial charge in [0.2, 0.25) is 0 Å². The van der Waals surface area contributed by atoms with Gasteiger partial charge in [0.05, 0.1) is 0 Å². The second-order valence-corrected chi connectivity index (χ2v) is 3.78. The van der Waals surface area contributed by atoms with Gasteiger partial charge in [0, 0.05) is 13.1 Å². The van der Waals surface area contributed by atoms with Gasteiger partial charge in [-0.05, 0) is 31.8 Å². The minimum absolute atomic E-state index is 0.751. The Bertz CT molecular complexity index is 111. The minimum atomic E-state index is 0.751. The van der Waals surface area contributed by atoms with Crippen molar-refractivity contribution < 1.29 is 0 Å². The van der Waals surface area contributed by atoms with Crippen LogP contribution in [0.3, 0.4) is 0 Å². The van der Waals surface area contributed by atoms with Crippen LogP contribution in [0.4, 0.5) is 0 Å². The van der Waals surface area contributed by atoms with E-state index in [1.54, 1.807) is 0 Å². The topological polar surface area (TPSA) is 24.1 Å². The van der Waals surface area contributed by atoms with E-state index in [9.17, 15) is 0 Å². The van der Waals surface area contributed by atoms with Gasteiger partial charge in [-0.1, -0.05) is 19.9 Å². The molecule has 0 saturated carbocycles. The zero-order chi connectivity index (χ0) is 9.94. The molecule has 13 heavy (non-hydrogen) atoms. The summed E-state index contributed by atoms with van der Waals surface area (Å²) in [4.78, 5) is 0. The van der Waals surface area contributed by atoms with E-state index in [-0.39, 0.29) is 0 Å². The average molecular weight is 184 g/mol. The van der Waals surface area contributed by atoms with E-state index in [1.807, 2.05) is 6.08 Å². The van der Waals surface area contributed by atoms with Crippen molar-refractivity contribution in [2.75, 3.05) is 26.2 Å². The van der Waals surface area contributed by atoms with Crippen molar-refractivity contribution in [3.05, 3.63) is 12.7 Å². The highest BCUT2D eigenvalue weighted by Crippen LogP contribution is 1.86. The fourth-order valence-electron chi connectivity index (χ4n) is 1.06. The molecule has 0 radical (unpaired) electrons. The van der Waals surface area contributed by atoms with E-state index in [4.69, 9.17) is 0 Å². The van der Waals surface area contributed by atoms with Crippen LogP contribution in [0, 0.1) is 5.92 Å². The largest absolute Gasteiger partial charge is 0.315 e. The molecule has 0 aromatic carbocycles. The van der Waals surface area contributed by atoms with Crippen LogP contribution < -0.4 is 10.6 Å². The van der Waals surface area contributed by atoms with Gasteiger partial charge in [0.1, 0.15) is 0 Å². The maximum absolute atomic E-state index is 3.69. The zero-order valence-electron chi connectivity index (χ0n) is 9.10. The molecule has 0 aliphatic carbocycles. The van der Waals surface area contributed by atoms with Gasteiger partial charge in [0.25, 0.3) is 0 Å². The fraction of sp³-hybridized carbons (Fsp3) is 0.818. The van der Waals surface area contributed by atoms with Crippen LogP contribution in [0.25, 0.3) is 0 Å². The standard InChI is InChI=1S/C11H24N2/c1-4-5-6-7-12-8-9-13-10-11(2)3/h4,11-13H,1,5-10H2,2-3H3. The van der Waals surface area contributed by atoms with Crippen molar-refractivity contribution in [3.8, 4) is 0 Å². The molecular weight excluding hydrogens is 160 g/mol. The maximum atomic E-state index is 3.69. The summed E-state index contributed by atoms with van der Waals surface area (Å²) in [6.07, 6.45) is 4.29. The highest BCUT2D eigenvalue weighted by atomic mass is 14.9. The van der Waals surface area contributed by atoms with E-state index in [0.29, 0.717) is 0 Å². The molecule has 0 unspecified atom stereocenters. The van der Waals surface area contributed by atoms with Gasteiger partial charge in [-0.25, -0.2) is 0 Å². The Morgan fingerprint density at radius 3 is 2.46 bits per heavy atom. The molecular formula is C11H24N2. The molecule has 2 N–H and O–H groups in total. The molecule has 0 amide bonds. The van der Waals surface area contributed by atoms with Crippen LogP contribution >= 0.6 is 0 Å². The monoisotopic (exact) mass is 184 g/mol. The minimum Gasteiger partial charge on any atom is -0.315 e. The van der Waals surface area contributed by atoms with Crippen LogP contribution in [0.5, 0.6) is 0 Å². The Labute approximate surface area is 82.8 Å². The second-order valence-electron chi connectivity index (χ2n) is 3.78. The molecule has 0 rings (SSSR count). The van der Waals surface area contributed by atoms with Gasteiger partial charge < -0.3 is 10.6 Å². The predicted octanol–water partition coefficient (Wildman–Crippen LogP) is 1.79. The molecule has 0 aliphatic heterocycles. The van der Waals surface area contributed by atoms with Gasteiger partial charge in [-0.15, -0.1) is 6.58 Å². The third-order valence-electron chi connectivity index (χ3n) is 1.79. The molecule has 2 nitrogen and oxygen atoms in total. The number of hydrogen-bond acceptors (Lipinski definition) is 2. The Kier molecular flexibility index (Phi) is 9.49. The molecule has 0 atom stereocenters. The van der Waals surface area contributed by atoms with Crippen molar-refractivity contribution in [1.29, 1.82) is 0 Å². The van der Waals surface area contributed by atoms with Crippen LogP contribution in [0.15, 0.2) is 12.7 Å². The summed E-state index contributed by atoms with van der Waals surface area (Å²) in [5.74, 6) is 0.751. The number of rotatable bonds is 9. The highest BCUT2D eigenvalue weighted by Gasteiger charge is 1.91. The molecule has 0 heterocycles. The molecule has 0 aromatic heterocycles. The van der Waals surface area contributed by atoms with Crippen molar-refractivity contribution in [3.63, 3.8) is 0 Å². The lowest BCUT2D eigenvalue weighted by molar-refractivity contribution is 0.533. The summed E-state index contributed by atoms with van der Waals surface area (Å²) >= 11 is 0. The molecule has 0 bridgehead atoms. The van der Waals surface area contributed by atoms with E-state index in [2.05, 4.69) is 31.1 Å². The molecule has 0 fully saturated rings. The molecule has 78 valence electrons. The predicted molar refractivity (Wildman–Crippen MR) is 60.0 cm³/mol. The zero-order valence-corrected chi connectivity index (χ0v) is 9.10. The lowest BCUT2D eigenvalue weighted by Gasteiger charge is -2.07. The van der Waals surface area contributed by atoms with Crippen LogP contribution in [0.1, 0.15) is 26.7 Å². The Balaban J connectivity index is 2.87. The average Bonchev–Trinajstić information content (AvgIpc) is 2.09. The molecule has 0 aliphatic rings. The summed E-state index contributed by atoms with van der Waals surface area (Å²) in [5, 5.41) is 6.78. The first-order valence-corrected chi connectivity index (χ1v) is 5.29. The summed E-state index contributed by atoms with van der Waals surface area (Å²) in [7, 11) is 0. The van der Waals surface area contributed by atoms with Gasteiger partial charge in [-0.3, -0.25) is 0 Å². The van der Waals surface area contributed by atoms with E-state index in [0.717, 1.165) is 38.5 Å². The Morgan fingerprint density at radius 1 is 1.15 bits per heavy atom. The normalized spacial score (nSPS) is 10.7. The second kappa shape index (κ2) is 9.75. The summed E-state index contributed by atoms with van der Waals surface area (Å²) < 4.78 is 0. The first-order chi connectivity index (χ1) is 6.27. The number of hydrogen-bond donors (Lipinski definition) is 2. The summed E-state index contributed by atoms with van der Waals surface area (Å²) in [5.41, 5.74) is 0. The van der Waals surface area contributed by atoms with Crippen molar-refractivity contribution in [2.45, 2.75) is 26.7 Å². The first-order valence-electron chi connectivity index (χ1n) is 5.29. The smallest absolute Gasteiger partial charge is 0.00768 e. The van der Waals surface area contributed by atoms with Gasteiger partial charge in [-0.2, -0.15) is 0 Å². The molecule has 0 aromatic rings. The quantitative estimate of drug-likeness (QED) is 0.422. The molecule has 0 spiro atoms. The fourth-order valence-corrected chi connectivity index (χ4v) is 1.06. The van der Waals surface area contributed by atoms with Crippen molar-refractivity contribution in [1.82, 2.24) is 10.6 Å². The van der Waals surface area contributed by atoms with Gasteiger partial charge >= 0.3 is 0 Å². The number of nitrogens with one attached hydrogen (secondary N) is 2. The summed E-state index contributed by atoms with van der Waals surface area (Å²) in [6, 6.07) is 0. The maximum Gasteiger partial charge on any atom is 0.00768 e. The Hall–Kier alpha value is -0.340. The van der Waals surface area contributed by atoms with Crippen molar-refractivity contribution in [2.24, 2.45) is 5.92 Å². The van der Waals surface area contributed by atoms with E-state index >= 15 is 0 Å². The number of allylic oxidation sites excluding steroid dienone is 1. The molecule has 0 saturated heterocycles. The van der Waals surface area contributed by atoms with Crippen LogP contribution in [0.2, 0.25) is 0 Å². The van der Waals surface area contributed by atoms with E-state index < -0.39 is 0 Å². The highest BCUT2D eigenvalue weighted by molar-refractivity contribution is 4.66. The molecule has 2 heteroatoms.